The molecule has 0 aromatic rings. The number of hydrogen-bond acceptors (Lipinski definition) is 3. The summed E-state index contributed by atoms with van der Waals surface area (Å²) in [5.41, 5.74) is -0.0855. The summed E-state index contributed by atoms with van der Waals surface area (Å²) in [6.45, 7) is 7.08. The molecule has 0 saturated heterocycles. The van der Waals surface area contributed by atoms with E-state index in [2.05, 4.69) is 26.1 Å². The van der Waals surface area contributed by atoms with Gasteiger partial charge in [-0.05, 0) is 27.2 Å². The summed E-state index contributed by atoms with van der Waals surface area (Å²) in [4.78, 5) is 0. The molecule has 2 unspecified atom stereocenters. The van der Waals surface area contributed by atoms with Gasteiger partial charge in [0, 0.05) is 42.5 Å². The molecule has 2 atom stereocenters. The molecule has 86 valence electrons. The van der Waals surface area contributed by atoms with Crippen molar-refractivity contribution in [2.24, 2.45) is 0 Å². The SMILES string of the molecule is COC(C)(C)CC(C)NCCS(C)=O. The van der Waals surface area contributed by atoms with Crippen molar-refractivity contribution in [1.29, 1.82) is 0 Å². The predicted molar refractivity (Wildman–Crippen MR) is 62.1 cm³/mol. The average molecular weight is 221 g/mol. The van der Waals surface area contributed by atoms with Crippen molar-refractivity contribution in [2.75, 3.05) is 25.7 Å². The first kappa shape index (κ1) is 14.1. The Kier molecular flexibility index (Phi) is 6.57. The van der Waals surface area contributed by atoms with Crippen LogP contribution in [0.5, 0.6) is 0 Å². The third-order valence-electron chi connectivity index (χ3n) is 2.23. The Balaban J connectivity index is 3.65. The summed E-state index contributed by atoms with van der Waals surface area (Å²) in [5.74, 6) is 0.720. The lowest BCUT2D eigenvalue weighted by molar-refractivity contribution is 0.00876. The van der Waals surface area contributed by atoms with Crippen molar-refractivity contribution in [3.05, 3.63) is 0 Å². The van der Waals surface area contributed by atoms with Gasteiger partial charge in [0.15, 0.2) is 0 Å². The minimum atomic E-state index is -0.701. The van der Waals surface area contributed by atoms with Crippen molar-refractivity contribution in [2.45, 2.75) is 38.8 Å². The number of hydrogen-bond donors (Lipinski definition) is 1. The fraction of sp³-hybridized carbons (Fsp3) is 1.00. The van der Waals surface area contributed by atoms with Crippen molar-refractivity contribution >= 4 is 10.8 Å². The Hall–Kier alpha value is 0.0700. The van der Waals surface area contributed by atoms with Gasteiger partial charge in [-0.1, -0.05) is 0 Å². The highest BCUT2D eigenvalue weighted by atomic mass is 32.2. The van der Waals surface area contributed by atoms with Gasteiger partial charge >= 0.3 is 0 Å². The Morgan fingerprint density at radius 1 is 1.50 bits per heavy atom. The van der Waals surface area contributed by atoms with Crippen molar-refractivity contribution < 1.29 is 8.95 Å². The van der Waals surface area contributed by atoms with Crippen LogP contribution in [0.1, 0.15) is 27.2 Å². The highest BCUT2D eigenvalue weighted by Crippen LogP contribution is 2.14. The number of rotatable bonds is 7. The molecule has 0 saturated carbocycles. The molecular weight excluding hydrogens is 198 g/mol. The van der Waals surface area contributed by atoms with Gasteiger partial charge in [-0.2, -0.15) is 0 Å². The molecule has 0 rings (SSSR count). The Bertz CT molecular complexity index is 183. The van der Waals surface area contributed by atoms with Crippen molar-refractivity contribution in [3.63, 3.8) is 0 Å². The molecule has 0 aromatic heterocycles. The minimum Gasteiger partial charge on any atom is -0.379 e. The van der Waals surface area contributed by atoms with Gasteiger partial charge in [0.2, 0.25) is 0 Å². The van der Waals surface area contributed by atoms with E-state index in [0.29, 0.717) is 6.04 Å². The molecular formula is C10H23NO2S. The maximum atomic E-state index is 10.8. The number of methoxy groups -OCH3 is 1. The summed E-state index contributed by atoms with van der Waals surface area (Å²) in [6.07, 6.45) is 2.69. The molecule has 0 bridgehead atoms. The standard InChI is InChI=1S/C10H23NO2S/c1-9(8-10(2,3)13-4)11-6-7-14(5)12/h9,11H,6-8H2,1-5H3. The lowest BCUT2D eigenvalue weighted by Gasteiger charge is -2.27. The van der Waals surface area contributed by atoms with Gasteiger partial charge in [0.05, 0.1) is 5.60 Å². The molecule has 0 radical (unpaired) electrons. The first-order valence-corrected chi connectivity index (χ1v) is 6.68. The summed E-state index contributed by atoms with van der Waals surface area (Å²) in [6, 6.07) is 0.397. The van der Waals surface area contributed by atoms with Crippen molar-refractivity contribution in [1.82, 2.24) is 5.32 Å². The molecule has 3 nitrogen and oxygen atoms in total. The molecule has 0 heterocycles. The average Bonchev–Trinajstić information content (AvgIpc) is 2.02. The molecule has 0 spiro atoms. The van der Waals surface area contributed by atoms with Gasteiger partial charge in [-0.15, -0.1) is 0 Å². The van der Waals surface area contributed by atoms with Crippen LogP contribution in [0.2, 0.25) is 0 Å². The van der Waals surface area contributed by atoms with Crippen LogP contribution in [0.4, 0.5) is 0 Å². The fourth-order valence-electron chi connectivity index (χ4n) is 1.34. The molecule has 0 amide bonds. The second-order valence-electron chi connectivity index (χ2n) is 4.30. The number of ether oxygens (including phenoxy) is 1. The van der Waals surface area contributed by atoms with E-state index >= 15 is 0 Å². The molecule has 0 aliphatic heterocycles. The van der Waals surface area contributed by atoms with Gasteiger partial charge < -0.3 is 10.1 Å². The van der Waals surface area contributed by atoms with E-state index in [4.69, 9.17) is 4.74 Å². The van der Waals surface area contributed by atoms with E-state index < -0.39 is 10.8 Å². The van der Waals surface area contributed by atoms with Crippen LogP contribution < -0.4 is 5.32 Å². The maximum Gasteiger partial charge on any atom is 0.0637 e. The zero-order valence-corrected chi connectivity index (χ0v) is 10.7. The normalized spacial score (nSPS) is 16.6. The van der Waals surface area contributed by atoms with Crippen LogP contribution in [0.25, 0.3) is 0 Å². The maximum absolute atomic E-state index is 10.8. The Morgan fingerprint density at radius 3 is 2.50 bits per heavy atom. The minimum absolute atomic E-state index is 0.0855. The van der Waals surface area contributed by atoms with Crippen LogP contribution in [-0.4, -0.2) is 41.5 Å². The van der Waals surface area contributed by atoms with Crippen LogP contribution in [-0.2, 0) is 15.5 Å². The van der Waals surface area contributed by atoms with E-state index in [9.17, 15) is 4.21 Å². The predicted octanol–water partition coefficient (Wildman–Crippen LogP) is 1.16. The lowest BCUT2D eigenvalue weighted by Crippen LogP contribution is -2.37. The van der Waals surface area contributed by atoms with E-state index in [0.717, 1.165) is 18.7 Å². The zero-order valence-electron chi connectivity index (χ0n) is 9.92. The number of nitrogens with one attached hydrogen (secondary N) is 1. The van der Waals surface area contributed by atoms with E-state index in [-0.39, 0.29) is 5.60 Å². The first-order chi connectivity index (χ1) is 6.37. The van der Waals surface area contributed by atoms with Crippen LogP contribution >= 0.6 is 0 Å². The van der Waals surface area contributed by atoms with Crippen LogP contribution in [0.15, 0.2) is 0 Å². The lowest BCUT2D eigenvalue weighted by atomic mass is 10.00. The first-order valence-electron chi connectivity index (χ1n) is 4.96. The largest absolute Gasteiger partial charge is 0.379 e. The van der Waals surface area contributed by atoms with E-state index in [1.54, 1.807) is 13.4 Å². The van der Waals surface area contributed by atoms with E-state index in [1.807, 2.05) is 0 Å². The van der Waals surface area contributed by atoms with Gasteiger partial charge in [0.25, 0.3) is 0 Å². The molecule has 0 fully saturated rings. The highest BCUT2D eigenvalue weighted by molar-refractivity contribution is 7.84. The van der Waals surface area contributed by atoms with Gasteiger partial charge in [-0.25, -0.2) is 0 Å². The second-order valence-corrected chi connectivity index (χ2v) is 5.86. The Morgan fingerprint density at radius 2 is 2.07 bits per heavy atom. The van der Waals surface area contributed by atoms with Crippen molar-refractivity contribution in [3.8, 4) is 0 Å². The van der Waals surface area contributed by atoms with Gasteiger partial charge in [0.1, 0.15) is 0 Å². The highest BCUT2D eigenvalue weighted by Gasteiger charge is 2.19. The third kappa shape index (κ3) is 7.47. The monoisotopic (exact) mass is 221 g/mol. The molecule has 0 aliphatic carbocycles. The quantitative estimate of drug-likeness (QED) is 0.701. The second kappa shape index (κ2) is 6.53. The molecule has 0 aromatic carbocycles. The van der Waals surface area contributed by atoms with Crippen LogP contribution in [0.3, 0.4) is 0 Å². The Labute approximate surface area is 90.1 Å². The molecule has 14 heavy (non-hydrogen) atoms. The smallest absolute Gasteiger partial charge is 0.0637 e. The van der Waals surface area contributed by atoms with Gasteiger partial charge in [-0.3, -0.25) is 4.21 Å². The molecule has 4 heteroatoms. The summed E-state index contributed by atoms with van der Waals surface area (Å²) >= 11 is 0. The molecule has 0 aliphatic rings. The summed E-state index contributed by atoms with van der Waals surface area (Å²) in [5, 5.41) is 3.33. The third-order valence-corrected chi connectivity index (χ3v) is 3.01. The fourth-order valence-corrected chi connectivity index (χ4v) is 1.75. The summed E-state index contributed by atoms with van der Waals surface area (Å²) < 4.78 is 16.1. The van der Waals surface area contributed by atoms with Crippen LogP contribution in [0, 0.1) is 0 Å². The van der Waals surface area contributed by atoms with E-state index in [1.165, 1.54) is 0 Å². The zero-order chi connectivity index (χ0) is 11.2. The molecule has 1 N–H and O–H groups in total. The summed E-state index contributed by atoms with van der Waals surface area (Å²) in [7, 11) is 1.03. The topological polar surface area (TPSA) is 38.3 Å².